The van der Waals surface area contributed by atoms with E-state index < -0.39 is 0 Å². The first kappa shape index (κ1) is 13.1. The fourth-order valence-corrected chi connectivity index (χ4v) is 3.77. The molecule has 1 aromatic heterocycles. The lowest BCUT2D eigenvalue weighted by Gasteiger charge is -2.51. The third-order valence-corrected chi connectivity index (χ3v) is 4.86. The third-order valence-electron chi connectivity index (χ3n) is 4.86. The molecule has 0 bridgehead atoms. The molecule has 1 N–H and O–H groups in total. The molecule has 19 heavy (non-hydrogen) atoms. The van der Waals surface area contributed by atoms with Gasteiger partial charge < -0.3 is 5.32 Å². The minimum absolute atomic E-state index is 0.403. The molecule has 1 unspecified atom stereocenters. The van der Waals surface area contributed by atoms with Gasteiger partial charge in [-0.3, -0.25) is 9.58 Å². The number of hydrogen-bond acceptors (Lipinski definition) is 3. The molecule has 1 aromatic rings. The van der Waals surface area contributed by atoms with Crippen LogP contribution in [0.15, 0.2) is 12.4 Å². The Labute approximate surface area is 116 Å². The first-order valence-corrected chi connectivity index (χ1v) is 7.64. The Kier molecular flexibility index (Phi) is 3.63. The van der Waals surface area contributed by atoms with Crippen molar-refractivity contribution in [1.29, 1.82) is 0 Å². The third kappa shape index (κ3) is 2.70. The lowest BCUT2D eigenvalue weighted by Crippen LogP contribution is -2.64. The van der Waals surface area contributed by atoms with Crippen molar-refractivity contribution in [3.05, 3.63) is 18.0 Å². The highest BCUT2D eigenvalue weighted by Crippen LogP contribution is 2.36. The van der Waals surface area contributed by atoms with E-state index in [-0.39, 0.29) is 0 Å². The highest BCUT2D eigenvalue weighted by molar-refractivity contribution is 5.08. The standard InChI is InChI=1S/C15H26N4/c1-13-9-19(11-14-8-17-18(2)10-14)15(12-16-13)6-4-3-5-7-15/h8,10,13,16H,3-7,9,11-12H2,1-2H3. The summed E-state index contributed by atoms with van der Waals surface area (Å²) in [6.45, 7) is 5.68. The van der Waals surface area contributed by atoms with Crippen LogP contribution in [0, 0.1) is 0 Å². The smallest absolute Gasteiger partial charge is 0.0534 e. The summed E-state index contributed by atoms with van der Waals surface area (Å²) < 4.78 is 1.91. The average molecular weight is 262 g/mol. The zero-order chi connectivity index (χ0) is 13.3. The van der Waals surface area contributed by atoms with Crippen LogP contribution >= 0.6 is 0 Å². The van der Waals surface area contributed by atoms with Crippen molar-refractivity contribution in [3.8, 4) is 0 Å². The first-order chi connectivity index (χ1) is 9.18. The van der Waals surface area contributed by atoms with Gasteiger partial charge in [0.25, 0.3) is 0 Å². The Bertz CT molecular complexity index is 420. The number of nitrogens with zero attached hydrogens (tertiary/aromatic N) is 3. The predicted octanol–water partition coefficient (Wildman–Crippen LogP) is 1.92. The molecule has 1 atom stereocenters. The predicted molar refractivity (Wildman–Crippen MR) is 76.9 cm³/mol. The normalized spacial score (nSPS) is 27.8. The molecule has 0 radical (unpaired) electrons. The van der Waals surface area contributed by atoms with E-state index in [9.17, 15) is 0 Å². The molecule has 2 fully saturated rings. The maximum atomic E-state index is 4.31. The molecule has 1 aliphatic heterocycles. The second kappa shape index (κ2) is 5.25. The molecule has 0 amide bonds. The molecule has 4 heteroatoms. The summed E-state index contributed by atoms with van der Waals surface area (Å²) in [5, 5.41) is 8.01. The van der Waals surface area contributed by atoms with Crippen LogP contribution in [0.1, 0.15) is 44.6 Å². The van der Waals surface area contributed by atoms with Crippen LogP contribution in [-0.2, 0) is 13.6 Å². The molecular formula is C15H26N4. The average Bonchev–Trinajstić information content (AvgIpc) is 2.81. The zero-order valence-electron chi connectivity index (χ0n) is 12.2. The first-order valence-electron chi connectivity index (χ1n) is 7.64. The van der Waals surface area contributed by atoms with Gasteiger partial charge in [0, 0.05) is 50.0 Å². The number of aryl methyl sites for hydroxylation is 1. The van der Waals surface area contributed by atoms with Crippen molar-refractivity contribution < 1.29 is 0 Å². The maximum absolute atomic E-state index is 4.31. The van der Waals surface area contributed by atoms with E-state index >= 15 is 0 Å². The van der Waals surface area contributed by atoms with Gasteiger partial charge in [0.1, 0.15) is 0 Å². The number of rotatable bonds is 2. The van der Waals surface area contributed by atoms with Crippen molar-refractivity contribution in [3.63, 3.8) is 0 Å². The SMILES string of the molecule is CC1CN(Cc2cnn(C)c2)C2(CCCCC2)CN1. The van der Waals surface area contributed by atoms with Crippen LogP contribution in [0.25, 0.3) is 0 Å². The summed E-state index contributed by atoms with van der Waals surface area (Å²) in [7, 11) is 2.00. The fraction of sp³-hybridized carbons (Fsp3) is 0.800. The van der Waals surface area contributed by atoms with Gasteiger partial charge in [-0.05, 0) is 19.8 Å². The van der Waals surface area contributed by atoms with Gasteiger partial charge in [0.05, 0.1) is 6.20 Å². The highest BCUT2D eigenvalue weighted by atomic mass is 15.3. The van der Waals surface area contributed by atoms with Gasteiger partial charge in [-0.2, -0.15) is 5.10 Å². The second-order valence-electron chi connectivity index (χ2n) is 6.47. The van der Waals surface area contributed by atoms with E-state index in [2.05, 4.69) is 28.4 Å². The van der Waals surface area contributed by atoms with Gasteiger partial charge in [0.2, 0.25) is 0 Å². The van der Waals surface area contributed by atoms with Crippen LogP contribution in [0.5, 0.6) is 0 Å². The molecule has 3 rings (SSSR count). The Morgan fingerprint density at radius 1 is 1.37 bits per heavy atom. The van der Waals surface area contributed by atoms with Crippen molar-refractivity contribution >= 4 is 0 Å². The lowest BCUT2D eigenvalue weighted by atomic mass is 9.78. The molecule has 2 heterocycles. The van der Waals surface area contributed by atoms with Gasteiger partial charge in [-0.15, -0.1) is 0 Å². The van der Waals surface area contributed by atoms with Crippen molar-refractivity contribution in [2.75, 3.05) is 13.1 Å². The monoisotopic (exact) mass is 262 g/mol. The largest absolute Gasteiger partial charge is 0.311 e. The second-order valence-corrected chi connectivity index (χ2v) is 6.47. The summed E-state index contributed by atoms with van der Waals surface area (Å²) in [5.41, 5.74) is 1.75. The number of piperazine rings is 1. The summed E-state index contributed by atoms with van der Waals surface area (Å²) >= 11 is 0. The molecule has 1 spiro atoms. The van der Waals surface area contributed by atoms with E-state index in [0.717, 1.165) is 19.6 Å². The molecule has 1 saturated carbocycles. The van der Waals surface area contributed by atoms with Crippen molar-refractivity contribution in [2.24, 2.45) is 7.05 Å². The van der Waals surface area contributed by atoms with Crippen LogP contribution in [0.3, 0.4) is 0 Å². The Morgan fingerprint density at radius 2 is 2.16 bits per heavy atom. The minimum atomic E-state index is 0.403. The summed E-state index contributed by atoms with van der Waals surface area (Å²) in [4.78, 5) is 2.73. The van der Waals surface area contributed by atoms with Crippen LogP contribution < -0.4 is 5.32 Å². The molecule has 4 nitrogen and oxygen atoms in total. The zero-order valence-corrected chi connectivity index (χ0v) is 12.2. The molecule has 106 valence electrons. The van der Waals surface area contributed by atoms with Crippen LogP contribution in [-0.4, -0.2) is 39.4 Å². The number of nitrogens with one attached hydrogen (secondary N) is 1. The lowest BCUT2D eigenvalue weighted by molar-refractivity contribution is 0.00616. The van der Waals surface area contributed by atoms with Gasteiger partial charge >= 0.3 is 0 Å². The molecule has 1 saturated heterocycles. The Hall–Kier alpha value is -0.870. The summed E-state index contributed by atoms with van der Waals surface area (Å²) in [6.07, 6.45) is 11.1. The van der Waals surface area contributed by atoms with E-state index in [1.54, 1.807) is 0 Å². The van der Waals surface area contributed by atoms with E-state index in [4.69, 9.17) is 0 Å². The highest BCUT2D eigenvalue weighted by Gasteiger charge is 2.41. The summed E-state index contributed by atoms with van der Waals surface area (Å²) in [6, 6.07) is 0.601. The van der Waals surface area contributed by atoms with Crippen LogP contribution in [0.4, 0.5) is 0 Å². The Morgan fingerprint density at radius 3 is 2.84 bits per heavy atom. The molecular weight excluding hydrogens is 236 g/mol. The molecule has 2 aliphatic rings. The number of aromatic nitrogens is 2. The summed E-state index contributed by atoms with van der Waals surface area (Å²) in [5.74, 6) is 0. The molecule has 0 aromatic carbocycles. The maximum Gasteiger partial charge on any atom is 0.0534 e. The van der Waals surface area contributed by atoms with Crippen molar-refractivity contribution in [1.82, 2.24) is 20.0 Å². The quantitative estimate of drug-likeness (QED) is 0.884. The van der Waals surface area contributed by atoms with E-state index in [1.807, 2.05) is 17.9 Å². The van der Waals surface area contributed by atoms with E-state index in [1.165, 1.54) is 37.7 Å². The van der Waals surface area contributed by atoms with Gasteiger partial charge in [0.15, 0.2) is 0 Å². The van der Waals surface area contributed by atoms with Gasteiger partial charge in [-0.1, -0.05) is 19.3 Å². The number of hydrogen-bond donors (Lipinski definition) is 1. The topological polar surface area (TPSA) is 33.1 Å². The fourth-order valence-electron chi connectivity index (χ4n) is 3.77. The van der Waals surface area contributed by atoms with E-state index in [0.29, 0.717) is 11.6 Å². The van der Waals surface area contributed by atoms with Crippen LogP contribution in [0.2, 0.25) is 0 Å². The Balaban J connectivity index is 1.77. The van der Waals surface area contributed by atoms with Gasteiger partial charge in [-0.25, -0.2) is 0 Å². The molecule has 1 aliphatic carbocycles. The van der Waals surface area contributed by atoms with Crippen molar-refractivity contribution in [2.45, 2.75) is 57.2 Å². The minimum Gasteiger partial charge on any atom is -0.311 e.